The highest BCUT2D eigenvalue weighted by Crippen LogP contribution is 2.24. The average Bonchev–Trinajstić information content (AvgIpc) is 2.22. The van der Waals surface area contributed by atoms with E-state index < -0.39 is 0 Å². The maximum absolute atomic E-state index is 6.02. The third kappa shape index (κ3) is 6.19. The molecule has 0 aromatic heterocycles. The smallest absolute Gasteiger partial charge is 0.134 e. The minimum absolute atomic E-state index is 0.413. The van der Waals surface area contributed by atoms with Gasteiger partial charge in [0.1, 0.15) is 5.76 Å². The number of hydrogen-bond acceptors (Lipinski definition) is 2. The molecule has 0 heterocycles. The van der Waals surface area contributed by atoms with Crippen molar-refractivity contribution in [1.82, 2.24) is 0 Å². The lowest BCUT2D eigenvalue weighted by Gasteiger charge is -2.10. The molecule has 1 atom stereocenters. The van der Waals surface area contributed by atoms with E-state index in [1.54, 1.807) is 8.93 Å². The van der Waals surface area contributed by atoms with Crippen molar-refractivity contribution in [2.45, 2.75) is 32.4 Å². The predicted molar refractivity (Wildman–Crippen MR) is 75.0 cm³/mol. The van der Waals surface area contributed by atoms with Gasteiger partial charge in [0.25, 0.3) is 0 Å². The summed E-state index contributed by atoms with van der Waals surface area (Å²) in [5, 5.41) is 1.10. The van der Waals surface area contributed by atoms with Crippen LogP contribution >= 0.6 is 41.7 Å². The first-order valence-electron chi connectivity index (χ1n) is 4.59. The summed E-state index contributed by atoms with van der Waals surface area (Å²) in [6.07, 6.45) is 4.90. The van der Waals surface area contributed by atoms with Gasteiger partial charge >= 0.3 is 0 Å². The van der Waals surface area contributed by atoms with Crippen molar-refractivity contribution in [3.05, 3.63) is 22.9 Å². The van der Waals surface area contributed by atoms with E-state index in [4.69, 9.17) is 16.3 Å². The molecular weight excluding hydrogens is 331 g/mol. The van der Waals surface area contributed by atoms with Crippen LogP contribution in [0.4, 0.5) is 0 Å². The van der Waals surface area contributed by atoms with Gasteiger partial charge in [0, 0.05) is 5.25 Å². The van der Waals surface area contributed by atoms with Gasteiger partial charge in [-0.25, -0.2) is 0 Å². The topological polar surface area (TPSA) is 9.23 Å². The van der Waals surface area contributed by atoms with Crippen LogP contribution in [0.15, 0.2) is 22.9 Å². The van der Waals surface area contributed by atoms with E-state index >= 15 is 0 Å². The number of ether oxygens (including phenoxy) is 1. The van der Waals surface area contributed by atoms with E-state index in [0.717, 1.165) is 12.2 Å². The van der Waals surface area contributed by atoms with E-state index in [-0.39, 0.29) is 0 Å². The Morgan fingerprint density at radius 3 is 2.71 bits per heavy atom. The normalized spacial score (nSPS) is 15.5. The molecule has 0 aromatic carbocycles. The highest BCUT2D eigenvalue weighted by Gasteiger charge is 2.05. The molecule has 0 spiro atoms. The zero-order valence-corrected chi connectivity index (χ0v) is 12.4. The van der Waals surface area contributed by atoms with Crippen LogP contribution in [0.1, 0.15) is 27.2 Å². The van der Waals surface area contributed by atoms with Gasteiger partial charge in [-0.05, 0) is 47.5 Å². The zero-order valence-electron chi connectivity index (χ0n) is 8.72. The summed E-state index contributed by atoms with van der Waals surface area (Å²) in [5.74, 6) is 0.799. The molecule has 0 aliphatic heterocycles. The van der Waals surface area contributed by atoms with E-state index in [2.05, 4.69) is 41.1 Å². The lowest BCUT2D eigenvalue weighted by atomic mass is 10.3. The molecule has 0 saturated heterocycles. The zero-order chi connectivity index (χ0) is 11.0. The van der Waals surface area contributed by atoms with Crippen molar-refractivity contribution in [3.8, 4) is 0 Å². The largest absolute Gasteiger partial charge is 0.492 e. The Morgan fingerprint density at radius 1 is 1.64 bits per heavy atom. The van der Waals surface area contributed by atoms with E-state index in [1.165, 1.54) is 0 Å². The van der Waals surface area contributed by atoms with Gasteiger partial charge in [0.15, 0.2) is 0 Å². The van der Waals surface area contributed by atoms with E-state index in [9.17, 15) is 0 Å². The first-order chi connectivity index (χ1) is 6.65. The third-order valence-electron chi connectivity index (χ3n) is 1.48. The standard InChI is InChI=1S/C10H16ClIOS/c1-4-6-13-10(9(11)5-2)7-8(3)14-12/h5,7-8H,4,6H2,1-3H3/b9-5+,10-7+. The van der Waals surface area contributed by atoms with Gasteiger partial charge in [-0.1, -0.05) is 33.5 Å². The number of rotatable bonds is 6. The van der Waals surface area contributed by atoms with Crippen LogP contribution in [-0.4, -0.2) is 11.9 Å². The van der Waals surface area contributed by atoms with Crippen LogP contribution in [0.2, 0.25) is 0 Å². The second-order valence-corrected chi connectivity index (χ2v) is 5.66. The van der Waals surface area contributed by atoms with Gasteiger partial charge in [-0.15, -0.1) is 0 Å². The van der Waals surface area contributed by atoms with Crippen molar-refractivity contribution >= 4 is 41.7 Å². The van der Waals surface area contributed by atoms with Crippen molar-refractivity contribution in [1.29, 1.82) is 0 Å². The molecule has 0 aliphatic rings. The van der Waals surface area contributed by atoms with Crippen LogP contribution in [0.25, 0.3) is 0 Å². The summed E-state index contributed by atoms with van der Waals surface area (Å²) in [5.41, 5.74) is 0. The van der Waals surface area contributed by atoms with Gasteiger partial charge in [-0.3, -0.25) is 0 Å². The monoisotopic (exact) mass is 346 g/mol. The van der Waals surface area contributed by atoms with Gasteiger partial charge in [0.2, 0.25) is 0 Å². The quantitative estimate of drug-likeness (QED) is 0.384. The van der Waals surface area contributed by atoms with Crippen molar-refractivity contribution in [2.75, 3.05) is 6.61 Å². The fourth-order valence-corrected chi connectivity index (χ4v) is 1.52. The number of allylic oxidation sites excluding steroid dienone is 2. The second-order valence-electron chi connectivity index (χ2n) is 2.81. The number of hydrogen-bond donors (Lipinski definition) is 0. The summed E-state index contributed by atoms with van der Waals surface area (Å²) in [7, 11) is 1.74. The minimum atomic E-state index is 0.413. The lowest BCUT2D eigenvalue weighted by Crippen LogP contribution is -1.98. The van der Waals surface area contributed by atoms with Crippen molar-refractivity contribution in [2.24, 2.45) is 0 Å². The maximum Gasteiger partial charge on any atom is 0.134 e. The van der Waals surface area contributed by atoms with Crippen LogP contribution in [-0.2, 0) is 4.74 Å². The fraction of sp³-hybridized carbons (Fsp3) is 0.600. The molecule has 1 unspecified atom stereocenters. The first-order valence-corrected chi connectivity index (χ1v) is 8.39. The molecular formula is C10H16ClIOS. The Bertz CT molecular complexity index is 216. The van der Waals surface area contributed by atoms with Crippen molar-refractivity contribution in [3.63, 3.8) is 0 Å². The molecule has 0 fully saturated rings. The van der Waals surface area contributed by atoms with Crippen LogP contribution in [0.5, 0.6) is 0 Å². The summed E-state index contributed by atoms with van der Waals surface area (Å²) in [4.78, 5) is 0. The Kier molecular flexibility index (Phi) is 9.33. The Hall–Kier alpha value is 0.650. The Labute approximate surface area is 108 Å². The lowest BCUT2D eigenvalue weighted by molar-refractivity contribution is 0.222. The van der Waals surface area contributed by atoms with Crippen molar-refractivity contribution < 1.29 is 4.74 Å². The Morgan fingerprint density at radius 2 is 2.29 bits per heavy atom. The second kappa shape index (κ2) is 8.92. The average molecular weight is 347 g/mol. The highest BCUT2D eigenvalue weighted by molar-refractivity contribution is 14.2. The molecule has 0 rings (SSSR count). The molecule has 4 heteroatoms. The highest BCUT2D eigenvalue weighted by atomic mass is 127. The van der Waals surface area contributed by atoms with Crippen LogP contribution < -0.4 is 0 Å². The number of halogens is 2. The molecule has 14 heavy (non-hydrogen) atoms. The molecule has 0 aliphatic carbocycles. The molecule has 0 radical (unpaired) electrons. The van der Waals surface area contributed by atoms with E-state index in [1.807, 2.05) is 13.0 Å². The summed E-state index contributed by atoms with van der Waals surface area (Å²) in [6, 6.07) is 0. The molecule has 82 valence electrons. The van der Waals surface area contributed by atoms with Crippen LogP contribution in [0, 0.1) is 0 Å². The van der Waals surface area contributed by atoms with Gasteiger partial charge in [0.05, 0.1) is 11.6 Å². The molecule has 0 amide bonds. The van der Waals surface area contributed by atoms with E-state index in [0.29, 0.717) is 16.9 Å². The summed E-state index contributed by atoms with van der Waals surface area (Å²) < 4.78 is 5.56. The molecule has 0 saturated carbocycles. The fourth-order valence-electron chi connectivity index (χ4n) is 0.790. The Balaban J connectivity index is 4.46. The van der Waals surface area contributed by atoms with Gasteiger partial charge in [-0.2, -0.15) is 0 Å². The molecule has 0 N–H and O–H groups in total. The first kappa shape index (κ1) is 14.6. The molecule has 1 nitrogen and oxygen atoms in total. The van der Waals surface area contributed by atoms with Gasteiger partial charge < -0.3 is 4.74 Å². The summed E-state index contributed by atoms with van der Waals surface area (Å²) >= 11 is 8.30. The summed E-state index contributed by atoms with van der Waals surface area (Å²) in [6.45, 7) is 6.83. The molecule has 0 aromatic rings. The predicted octanol–water partition coefficient (Wildman–Crippen LogP) is 4.91. The SMILES string of the molecule is C/C=C(Cl)\C(=C/C(C)SI)OCCC. The maximum atomic E-state index is 6.02. The minimum Gasteiger partial charge on any atom is -0.492 e. The van der Waals surface area contributed by atoms with Crippen LogP contribution in [0.3, 0.4) is 0 Å². The third-order valence-corrected chi connectivity index (χ3v) is 4.71. The molecule has 0 bridgehead atoms.